The van der Waals surface area contributed by atoms with Crippen LogP contribution in [0, 0.1) is 0 Å². The highest BCUT2D eigenvalue weighted by Crippen LogP contribution is 2.19. The quantitative estimate of drug-likeness (QED) is 0.710. The number of rotatable bonds is 5. The lowest BCUT2D eigenvalue weighted by atomic mass is 10.1. The van der Waals surface area contributed by atoms with E-state index in [2.05, 4.69) is 11.1 Å². The van der Waals surface area contributed by atoms with Crippen LogP contribution in [0.1, 0.15) is 5.56 Å². The van der Waals surface area contributed by atoms with E-state index in [9.17, 15) is 0 Å². The molecule has 0 saturated carbocycles. The van der Waals surface area contributed by atoms with Crippen molar-refractivity contribution in [3.05, 3.63) is 66.4 Å². The van der Waals surface area contributed by atoms with Crippen LogP contribution >= 0.6 is 0 Å². The van der Waals surface area contributed by atoms with Gasteiger partial charge in [-0.15, -0.1) is 0 Å². The molecule has 0 spiro atoms. The van der Waals surface area contributed by atoms with E-state index in [-0.39, 0.29) is 0 Å². The van der Waals surface area contributed by atoms with Crippen molar-refractivity contribution < 1.29 is 9.47 Å². The van der Waals surface area contributed by atoms with Crippen LogP contribution in [0.3, 0.4) is 0 Å². The Bertz CT molecular complexity index is 740. The molecule has 0 aliphatic rings. The topological polar surface area (TPSA) is 31.4 Å². The van der Waals surface area contributed by atoms with Gasteiger partial charge in [-0.3, -0.25) is 4.98 Å². The van der Waals surface area contributed by atoms with E-state index in [1.807, 2.05) is 48.5 Å². The second kappa shape index (κ2) is 6.27. The van der Waals surface area contributed by atoms with Gasteiger partial charge in [-0.1, -0.05) is 18.2 Å². The minimum atomic E-state index is 0.638. The Morgan fingerprint density at radius 3 is 2.81 bits per heavy atom. The number of pyridine rings is 1. The van der Waals surface area contributed by atoms with Gasteiger partial charge in [0, 0.05) is 18.0 Å². The normalized spacial score (nSPS) is 10.5. The third-order valence-electron chi connectivity index (χ3n) is 3.37. The summed E-state index contributed by atoms with van der Waals surface area (Å²) < 4.78 is 11.0. The second-order valence-electron chi connectivity index (χ2n) is 4.81. The van der Waals surface area contributed by atoms with Crippen molar-refractivity contribution in [2.75, 3.05) is 13.7 Å². The number of benzene rings is 2. The molecule has 0 amide bonds. The summed E-state index contributed by atoms with van der Waals surface area (Å²) >= 11 is 0. The van der Waals surface area contributed by atoms with Gasteiger partial charge in [-0.05, 0) is 42.0 Å². The van der Waals surface area contributed by atoms with Crippen LogP contribution in [0.15, 0.2) is 60.8 Å². The van der Waals surface area contributed by atoms with Crippen molar-refractivity contribution in [3.8, 4) is 11.5 Å². The highest BCUT2D eigenvalue weighted by Gasteiger charge is 2.00. The summed E-state index contributed by atoms with van der Waals surface area (Å²) in [6.45, 7) is 0.638. The first-order chi connectivity index (χ1) is 10.3. The number of methoxy groups -OCH3 is 1. The van der Waals surface area contributed by atoms with Crippen LogP contribution in [0.4, 0.5) is 0 Å². The molecule has 1 aromatic heterocycles. The lowest BCUT2D eigenvalue weighted by Gasteiger charge is -2.08. The maximum atomic E-state index is 5.82. The van der Waals surface area contributed by atoms with E-state index in [1.165, 1.54) is 5.56 Å². The van der Waals surface area contributed by atoms with Gasteiger partial charge in [-0.2, -0.15) is 0 Å². The summed E-state index contributed by atoms with van der Waals surface area (Å²) in [4.78, 5) is 4.30. The van der Waals surface area contributed by atoms with Crippen molar-refractivity contribution >= 4 is 10.9 Å². The summed E-state index contributed by atoms with van der Waals surface area (Å²) in [6.07, 6.45) is 2.65. The zero-order valence-electron chi connectivity index (χ0n) is 12.0. The Kier molecular flexibility index (Phi) is 4.01. The molecule has 0 aliphatic carbocycles. The number of aromatic nitrogens is 1. The first-order valence-corrected chi connectivity index (χ1v) is 6.96. The monoisotopic (exact) mass is 279 g/mol. The summed E-state index contributed by atoms with van der Waals surface area (Å²) in [5.41, 5.74) is 2.19. The highest BCUT2D eigenvalue weighted by molar-refractivity contribution is 5.79. The fourth-order valence-electron chi connectivity index (χ4n) is 2.26. The summed E-state index contributed by atoms with van der Waals surface area (Å²) in [6, 6.07) is 18.0. The number of hydrogen-bond acceptors (Lipinski definition) is 3. The van der Waals surface area contributed by atoms with E-state index in [0.717, 1.165) is 28.8 Å². The average Bonchev–Trinajstić information content (AvgIpc) is 2.55. The van der Waals surface area contributed by atoms with Crippen molar-refractivity contribution in [3.63, 3.8) is 0 Å². The molecule has 0 N–H and O–H groups in total. The van der Waals surface area contributed by atoms with Crippen LogP contribution in [0.5, 0.6) is 11.5 Å². The predicted molar refractivity (Wildman–Crippen MR) is 83.9 cm³/mol. The molecule has 0 atom stereocenters. The molecule has 3 nitrogen and oxygen atoms in total. The molecular formula is C18H17NO2. The number of ether oxygens (including phenoxy) is 2. The smallest absolute Gasteiger partial charge is 0.120 e. The van der Waals surface area contributed by atoms with Crippen LogP contribution in [0.25, 0.3) is 10.9 Å². The number of nitrogens with zero attached hydrogens (tertiary/aromatic N) is 1. The minimum absolute atomic E-state index is 0.638. The molecule has 106 valence electrons. The SMILES string of the molecule is COc1cccc(CCOc2ccc3ncccc3c2)c1. The van der Waals surface area contributed by atoms with E-state index < -0.39 is 0 Å². The Hall–Kier alpha value is -2.55. The van der Waals surface area contributed by atoms with E-state index in [1.54, 1.807) is 13.3 Å². The number of fused-ring (bicyclic) bond motifs is 1. The lowest BCUT2D eigenvalue weighted by molar-refractivity contribution is 0.322. The van der Waals surface area contributed by atoms with Gasteiger partial charge in [0.25, 0.3) is 0 Å². The fraction of sp³-hybridized carbons (Fsp3) is 0.167. The molecule has 2 aromatic carbocycles. The summed E-state index contributed by atoms with van der Waals surface area (Å²) in [5, 5.41) is 1.09. The zero-order chi connectivity index (χ0) is 14.5. The van der Waals surface area contributed by atoms with Crippen LogP contribution in [-0.4, -0.2) is 18.7 Å². The number of hydrogen-bond donors (Lipinski definition) is 0. The summed E-state index contributed by atoms with van der Waals surface area (Å²) in [5.74, 6) is 1.75. The van der Waals surface area contributed by atoms with Gasteiger partial charge in [0.2, 0.25) is 0 Å². The standard InChI is InChI=1S/C18H17NO2/c1-20-16-6-2-4-14(12-16)9-11-21-17-7-8-18-15(13-17)5-3-10-19-18/h2-8,10,12-13H,9,11H2,1H3. The zero-order valence-corrected chi connectivity index (χ0v) is 12.0. The third kappa shape index (κ3) is 3.31. The molecule has 0 saturated heterocycles. The van der Waals surface area contributed by atoms with E-state index in [4.69, 9.17) is 9.47 Å². The van der Waals surface area contributed by atoms with Gasteiger partial charge in [0.05, 0.1) is 19.2 Å². The van der Waals surface area contributed by atoms with Gasteiger partial charge in [-0.25, -0.2) is 0 Å². The Labute approximate surface area is 124 Å². The molecule has 21 heavy (non-hydrogen) atoms. The molecule has 3 rings (SSSR count). The van der Waals surface area contributed by atoms with E-state index in [0.29, 0.717) is 6.61 Å². The Balaban J connectivity index is 1.63. The molecule has 0 unspecified atom stereocenters. The van der Waals surface area contributed by atoms with Gasteiger partial charge < -0.3 is 9.47 Å². The fourth-order valence-corrected chi connectivity index (χ4v) is 2.26. The molecule has 0 bridgehead atoms. The van der Waals surface area contributed by atoms with Crippen LogP contribution < -0.4 is 9.47 Å². The second-order valence-corrected chi connectivity index (χ2v) is 4.81. The molecule has 1 heterocycles. The predicted octanol–water partition coefficient (Wildman–Crippen LogP) is 3.86. The molecule has 3 aromatic rings. The largest absolute Gasteiger partial charge is 0.497 e. The maximum Gasteiger partial charge on any atom is 0.120 e. The van der Waals surface area contributed by atoms with Crippen molar-refractivity contribution in [1.82, 2.24) is 4.98 Å². The van der Waals surface area contributed by atoms with Gasteiger partial charge >= 0.3 is 0 Å². The van der Waals surface area contributed by atoms with Crippen molar-refractivity contribution in [1.29, 1.82) is 0 Å². The first-order valence-electron chi connectivity index (χ1n) is 6.96. The molecule has 0 aliphatic heterocycles. The molecule has 3 heteroatoms. The minimum Gasteiger partial charge on any atom is -0.497 e. The highest BCUT2D eigenvalue weighted by atomic mass is 16.5. The molecule has 0 radical (unpaired) electrons. The average molecular weight is 279 g/mol. The molecule has 0 fully saturated rings. The van der Waals surface area contributed by atoms with Gasteiger partial charge in [0.1, 0.15) is 11.5 Å². The maximum absolute atomic E-state index is 5.82. The van der Waals surface area contributed by atoms with Gasteiger partial charge in [0.15, 0.2) is 0 Å². The Morgan fingerprint density at radius 1 is 0.952 bits per heavy atom. The van der Waals surface area contributed by atoms with Crippen LogP contribution in [-0.2, 0) is 6.42 Å². The first kappa shape index (κ1) is 13.4. The lowest BCUT2D eigenvalue weighted by Crippen LogP contribution is -2.01. The van der Waals surface area contributed by atoms with E-state index >= 15 is 0 Å². The summed E-state index contributed by atoms with van der Waals surface area (Å²) in [7, 11) is 1.68. The van der Waals surface area contributed by atoms with Crippen molar-refractivity contribution in [2.24, 2.45) is 0 Å². The Morgan fingerprint density at radius 2 is 1.90 bits per heavy atom. The van der Waals surface area contributed by atoms with Crippen molar-refractivity contribution in [2.45, 2.75) is 6.42 Å². The van der Waals surface area contributed by atoms with Crippen LogP contribution in [0.2, 0.25) is 0 Å². The molecular weight excluding hydrogens is 262 g/mol. The third-order valence-corrected chi connectivity index (χ3v) is 3.37.